The summed E-state index contributed by atoms with van der Waals surface area (Å²) in [5.74, 6) is 1.24. The number of hydrogen-bond acceptors (Lipinski definition) is 8. The van der Waals surface area contributed by atoms with Crippen molar-refractivity contribution in [2.45, 2.75) is 36.2 Å². The van der Waals surface area contributed by atoms with Gasteiger partial charge in [0.15, 0.2) is 10.1 Å². The minimum absolute atomic E-state index is 0.0134. The fraction of sp³-hybridized carbons (Fsp3) is 0.444. The van der Waals surface area contributed by atoms with Crippen molar-refractivity contribution < 1.29 is 8.42 Å². The number of fused-ring (bicyclic) bond motifs is 1. The molecule has 1 unspecified atom stereocenters. The molecule has 1 fully saturated rings. The molecule has 1 saturated heterocycles. The summed E-state index contributed by atoms with van der Waals surface area (Å²) in [6.07, 6.45) is 6.37. The number of hydrogen-bond donors (Lipinski definition) is 0. The minimum Gasteiger partial charge on any atom is -0.302 e. The Morgan fingerprint density at radius 1 is 1.40 bits per heavy atom. The summed E-state index contributed by atoms with van der Waals surface area (Å²) in [5.41, 5.74) is 0.580. The SMILES string of the molecule is C=CCn1c(SCc2cc(=O)n3ccsc3n2)nnc1C1CCCN(S(C)(=O)=O)C1. The first kappa shape index (κ1) is 21.2. The maximum atomic E-state index is 12.2. The molecule has 30 heavy (non-hydrogen) atoms. The number of piperidine rings is 1. The van der Waals surface area contributed by atoms with E-state index in [2.05, 4.69) is 21.8 Å². The summed E-state index contributed by atoms with van der Waals surface area (Å²) in [5, 5.41) is 11.3. The van der Waals surface area contributed by atoms with Gasteiger partial charge >= 0.3 is 0 Å². The highest BCUT2D eigenvalue weighted by molar-refractivity contribution is 7.98. The predicted octanol–water partition coefficient (Wildman–Crippen LogP) is 1.96. The third kappa shape index (κ3) is 4.36. The third-order valence-corrected chi connectivity index (χ3v) is 8.01. The van der Waals surface area contributed by atoms with Crippen LogP contribution in [0.25, 0.3) is 4.96 Å². The first-order valence-corrected chi connectivity index (χ1v) is 13.2. The highest BCUT2D eigenvalue weighted by atomic mass is 32.2. The Morgan fingerprint density at radius 3 is 3.00 bits per heavy atom. The van der Waals surface area contributed by atoms with Gasteiger partial charge in [-0.25, -0.2) is 17.7 Å². The van der Waals surface area contributed by atoms with Crippen LogP contribution in [0.15, 0.2) is 40.2 Å². The van der Waals surface area contributed by atoms with Crippen molar-refractivity contribution >= 4 is 38.1 Å². The molecule has 1 atom stereocenters. The molecule has 0 aromatic carbocycles. The molecule has 0 bridgehead atoms. The van der Waals surface area contributed by atoms with Crippen LogP contribution in [0.5, 0.6) is 0 Å². The zero-order valence-electron chi connectivity index (χ0n) is 16.5. The molecule has 0 spiro atoms. The van der Waals surface area contributed by atoms with Crippen molar-refractivity contribution in [3.8, 4) is 0 Å². The minimum atomic E-state index is -3.24. The van der Waals surface area contributed by atoms with E-state index in [0.717, 1.165) is 18.7 Å². The van der Waals surface area contributed by atoms with E-state index in [9.17, 15) is 13.2 Å². The number of rotatable bonds is 7. The lowest BCUT2D eigenvalue weighted by atomic mass is 9.99. The molecule has 0 amide bonds. The summed E-state index contributed by atoms with van der Waals surface area (Å²) in [6.45, 7) is 5.31. The van der Waals surface area contributed by atoms with Gasteiger partial charge in [0.05, 0.1) is 11.9 Å². The normalized spacial score (nSPS) is 18.1. The largest absolute Gasteiger partial charge is 0.302 e. The Morgan fingerprint density at radius 2 is 2.23 bits per heavy atom. The molecule has 9 nitrogen and oxygen atoms in total. The van der Waals surface area contributed by atoms with Gasteiger partial charge in [0.1, 0.15) is 5.82 Å². The molecule has 12 heteroatoms. The van der Waals surface area contributed by atoms with Crippen molar-refractivity contribution in [1.29, 1.82) is 0 Å². The number of thiazole rings is 1. The van der Waals surface area contributed by atoms with Crippen molar-refractivity contribution in [2.75, 3.05) is 19.3 Å². The lowest BCUT2D eigenvalue weighted by Gasteiger charge is -2.30. The Balaban J connectivity index is 1.56. The van der Waals surface area contributed by atoms with E-state index in [0.29, 0.717) is 41.2 Å². The van der Waals surface area contributed by atoms with Gasteiger partial charge < -0.3 is 4.57 Å². The molecule has 0 N–H and O–H groups in total. The molecule has 1 aliphatic rings. The Hall–Kier alpha value is -2.02. The molecule has 3 aromatic heterocycles. The molecular formula is C18H22N6O3S3. The number of allylic oxidation sites excluding steroid dienone is 1. The van der Waals surface area contributed by atoms with E-state index in [4.69, 9.17) is 0 Å². The van der Waals surface area contributed by atoms with Crippen LogP contribution in [-0.2, 0) is 22.3 Å². The first-order chi connectivity index (χ1) is 14.4. The quantitative estimate of drug-likeness (QED) is 0.387. The third-order valence-electron chi connectivity index (χ3n) is 4.98. The van der Waals surface area contributed by atoms with E-state index in [1.807, 2.05) is 9.95 Å². The van der Waals surface area contributed by atoms with Crippen LogP contribution in [0, 0.1) is 0 Å². The summed E-state index contributed by atoms with van der Waals surface area (Å²) in [4.78, 5) is 17.4. The van der Waals surface area contributed by atoms with Crippen molar-refractivity contribution in [2.24, 2.45) is 0 Å². The van der Waals surface area contributed by atoms with E-state index in [1.165, 1.54) is 44.1 Å². The second-order valence-electron chi connectivity index (χ2n) is 7.13. The monoisotopic (exact) mass is 466 g/mol. The summed E-state index contributed by atoms with van der Waals surface area (Å²) in [7, 11) is -3.24. The van der Waals surface area contributed by atoms with Crippen LogP contribution in [0.2, 0.25) is 0 Å². The van der Waals surface area contributed by atoms with Crippen molar-refractivity contribution in [1.82, 2.24) is 28.5 Å². The van der Waals surface area contributed by atoms with E-state index < -0.39 is 10.0 Å². The van der Waals surface area contributed by atoms with Crippen LogP contribution in [-0.4, -0.2) is 56.2 Å². The maximum Gasteiger partial charge on any atom is 0.258 e. The van der Waals surface area contributed by atoms with Crippen molar-refractivity contribution in [3.63, 3.8) is 0 Å². The Kier molecular flexibility index (Phi) is 6.09. The van der Waals surface area contributed by atoms with Gasteiger partial charge in [-0.05, 0) is 12.8 Å². The highest BCUT2D eigenvalue weighted by Gasteiger charge is 2.30. The molecule has 0 radical (unpaired) electrons. The highest BCUT2D eigenvalue weighted by Crippen LogP contribution is 2.30. The second-order valence-corrected chi connectivity index (χ2v) is 10.9. The Bertz CT molecular complexity index is 1230. The maximum absolute atomic E-state index is 12.2. The van der Waals surface area contributed by atoms with Crippen LogP contribution in [0.1, 0.15) is 30.3 Å². The molecule has 160 valence electrons. The lowest BCUT2D eigenvalue weighted by molar-refractivity contribution is 0.306. The van der Waals surface area contributed by atoms with E-state index in [1.54, 1.807) is 12.3 Å². The van der Waals surface area contributed by atoms with E-state index >= 15 is 0 Å². The summed E-state index contributed by atoms with van der Waals surface area (Å²) in [6, 6.07) is 1.53. The zero-order valence-corrected chi connectivity index (χ0v) is 18.9. The molecule has 1 aliphatic heterocycles. The average molecular weight is 467 g/mol. The summed E-state index contributed by atoms with van der Waals surface area (Å²) < 4.78 is 28.9. The van der Waals surface area contributed by atoms with Gasteiger partial charge in [0, 0.05) is 48.9 Å². The fourth-order valence-corrected chi connectivity index (χ4v) is 6.06. The smallest absolute Gasteiger partial charge is 0.258 e. The van der Waals surface area contributed by atoms with Crippen LogP contribution >= 0.6 is 23.1 Å². The predicted molar refractivity (Wildman–Crippen MR) is 118 cm³/mol. The van der Waals surface area contributed by atoms with Crippen LogP contribution in [0.4, 0.5) is 0 Å². The molecule has 0 saturated carbocycles. The number of aromatic nitrogens is 5. The van der Waals surface area contributed by atoms with Gasteiger partial charge in [-0.3, -0.25) is 9.20 Å². The molecular weight excluding hydrogens is 444 g/mol. The summed E-state index contributed by atoms with van der Waals surface area (Å²) >= 11 is 2.87. The topological polar surface area (TPSA) is 102 Å². The number of nitrogens with zero attached hydrogens (tertiary/aromatic N) is 6. The molecule has 0 aliphatic carbocycles. The van der Waals surface area contributed by atoms with Crippen molar-refractivity contribution in [3.05, 3.63) is 52.2 Å². The zero-order chi connectivity index (χ0) is 21.3. The Labute approximate surface area is 182 Å². The van der Waals surface area contributed by atoms with E-state index in [-0.39, 0.29) is 11.5 Å². The number of thioether (sulfide) groups is 1. The lowest BCUT2D eigenvalue weighted by Crippen LogP contribution is -2.39. The van der Waals surface area contributed by atoms with Crippen LogP contribution in [0.3, 0.4) is 0 Å². The van der Waals surface area contributed by atoms with Crippen LogP contribution < -0.4 is 5.56 Å². The molecule has 4 rings (SSSR count). The average Bonchev–Trinajstić information content (AvgIpc) is 3.33. The van der Waals surface area contributed by atoms with Gasteiger partial charge in [0.2, 0.25) is 10.0 Å². The van der Waals surface area contributed by atoms with Gasteiger partial charge in [0.25, 0.3) is 5.56 Å². The molecule has 4 heterocycles. The first-order valence-electron chi connectivity index (χ1n) is 9.44. The molecule has 3 aromatic rings. The van der Waals surface area contributed by atoms with Gasteiger partial charge in [-0.15, -0.1) is 28.1 Å². The second kappa shape index (κ2) is 8.61. The standard InChI is InChI=1S/C18H22N6O3S3/c1-3-6-24-16(13-5-4-7-22(11-13)30(2,26)27)20-21-18(24)29-12-14-10-15(25)23-8-9-28-17(23)19-14/h3,8-10,13H,1,4-7,11-12H2,2H3. The van der Waals surface area contributed by atoms with Gasteiger partial charge in [-0.2, -0.15) is 0 Å². The number of sulfonamides is 1. The van der Waals surface area contributed by atoms with Gasteiger partial charge in [-0.1, -0.05) is 17.8 Å². The fourth-order valence-electron chi connectivity index (χ4n) is 3.56.